The van der Waals surface area contributed by atoms with Crippen LogP contribution in [-0.2, 0) is 16.6 Å². The van der Waals surface area contributed by atoms with E-state index in [4.69, 9.17) is 0 Å². The highest BCUT2D eigenvalue weighted by molar-refractivity contribution is 7.89. The molecule has 0 aliphatic heterocycles. The van der Waals surface area contributed by atoms with Gasteiger partial charge in [-0.3, -0.25) is 0 Å². The van der Waals surface area contributed by atoms with Gasteiger partial charge in [0.05, 0.1) is 11.4 Å². The van der Waals surface area contributed by atoms with Crippen molar-refractivity contribution in [3.05, 3.63) is 18.0 Å². The van der Waals surface area contributed by atoms with Crippen LogP contribution in [0.25, 0.3) is 0 Å². The Hall–Kier alpha value is -1.13. The lowest BCUT2D eigenvalue weighted by Gasteiger charge is -2.15. The van der Waals surface area contributed by atoms with Gasteiger partial charge in [-0.2, -0.15) is 8.78 Å². The van der Waals surface area contributed by atoms with E-state index in [2.05, 4.69) is 10.3 Å². The number of halogens is 4. The Balaban J connectivity index is 2.71. The van der Waals surface area contributed by atoms with Crippen LogP contribution in [0.4, 0.5) is 17.6 Å². The Morgan fingerprint density at radius 3 is 2.48 bits per heavy atom. The third-order valence-corrected chi connectivity index (χ3v) is 3.93. The lowest BCUT2D eigenvalue weighted by molar-refractivity contribution is -0.122. The van der Waals surface area contributed by atoms with Gasteiger partial charge < -0.3 is 10.3 Å². The fraction of sp³-hybridized carbons (Fsp3) is 0.636. The lowest BCUT2D eigenvalue weighted by Crippen LogP contribution is -2.41. The first-order valence-electron chi connectivity index (χ1n) is 6.11. The van der Waals surface area contributed by atoms with Crippen molar-refractivity contribution in [1.82, 2.24) is 15.0 Å². The highest BCUT2D eigenvalue weighted by atomic mass is 32.2. The van der Waals surface area contributed by atoms with Crippen LogP contribution < -0.4 is 10.0 Å². The van der Waals surface area contributed by atoms with E-state index >= 15 is 0 Å². The molecule has 0 atom stereocenters. The highest BCUT2D eigenvalue weighted by Gasteiger charge is 2.41. The van der Waals surface area contributed by atoms with Crippen LogP contribution in [0.3, 0.4) is 0 Å². The molecule has 3 N–H and O–H groups in total. The van der Waals surface area contributed by atoms with E-state index < -0.39 is 28.9 Å². The Bertz CT molecular complexity index is 558. The van der Waals surface area contributed by atoms with Gasteiger partial charge in [-0.05, 0) is 6.07 Å². The van der Waals surface area contributed by atoms with Gasteiger partial charge in [0.2, 0.25) is 10.0 Å². The number of aromatic amines is 1. The van der Waals surface area contributed by atoms with Crippen molar-refractivity contribution in [3.63, 3.8) is 0 Å². The second kappa shape index (κ2) is 6.75. The highest BCUT2D eigenvalue weighted by Crippen LogP contribution is 2.22. The molecule has 0 saturated carbocycles. The van der Waals surface area contributed by atoms with Crippen LogP contribution in [0, 0.1) is 0 Å². The zero-order valence-corrected chi connectivity index (χ0v) is 12.3. The average Bonchev–Trinajstić information content (AvgIpc) is 2.83. The number of alkyl halides is 4. The minimum Gasteiger partial charge on any atom is -0.363 e. The molecule has 10 heteroatoms. The predicted octanol–water partition coefficient (Wildman–Crippen LogP) is 1.69. The zero-order valence-electron chi connectivity index (χ0n) is 11.5. The van der Waals surface area contributed by atoms with Crippen molar-refractivity contribution < 1.29 is 26.0 Å². The second-order valence-corrected chi connectivity index (χ2v) is 6.55. The molecule has 1 aromatic heterocycles. The number of H-pyrrole nitrogens is 1. The Morgan fingerprint density at radius 1 is 1.33 bits per heavy atom. The maximum Gasteiger partial charge on any atom is 0.320 e. The maximum absolute atomic E-state index is 12.7. The first kappa shape index (κ1) is 17.9. The fourth-order valence-electron chi connectivity index (χ4n) is 1.34. The molecule has 1 aromatic rings. The van der Waals surface area contributed by atoms with Crippen LogP contribution in [0.1, 0.15) is 19.5 Å². The summed E-state index contributed by atoms with van der Waals surface area (Å²) < 4.78 is 74.3. The molecule has 0 aromatic carbocycles. The Kier molecular flexibility index (Phi) is 5.76. The van der Waals surface area contributed by atoms with Gasteiger partial charge in [-0.1, -0.05) is 13.8 Å². The van der Waals surface area contributed by atoms with Crippen LogP contribution in [-0.4, -0.2) is 38.3 Å². The van der Waals surface area contributed by atoms with Crippen molar-refractivity contribution in [1.29, 1.82) is 0 Å². The van der Waals surface area contributed by atoms with E-state index in [-0.39, 0.29) is 10.9 Å². The van der Waals surface area contributed by atoms with Gasteiger partial charge >= 0.3 is 12.3 Å². The molecule has 21 heavy (non-hydrogen) atoms. The zero-order chi connectivity index (χ0) is 16.3. The van der Waals surface area contributed by atoms with Crippen LogP contribution in [0.2, 0.25) is 0 Å². The topological polar surface area (TPSA) is 74.0 Å². The molecule has 0 spiro atoms. The summed E-state index contributed by atoms with van der Waals surface area (Å²) in [5.74, 6) is -4.41. The number of nitrogens with one attached hydrogen (secondary N) is 3. The lowest BCUT2D eigenvalue weighted by atomic mass is 10.3. The molecular formula is C11H17F4N3O2S. The van der Waals surface area contributed by atoms with Gasteiger partial charge in [0.25, 0.3) is 0 Å². The fourth-order valence-corrected chi connectivity index (χ4v) is 2.40. The summed E-state index contributed by atoms with van der Waals surface area (Å²) in [6, 6.07) is 1.43. The minimum atomic E-state index is -4.41. The minimum absolute atomic E-state index is 0.177. The molecule has 0 aliphatic carbocycles. The summed E-state index contributed by atoms with van der Waals surface area (Å²) in [5.41, 5.74) is 0.532. The van der Waals surface area contributed by atoms with Gasteiger partial charge in [0.15, 0.2) is 0 Å². The van der Waals surface area contributed by atoms with Crippen LogP contribution in [0.5, 0.6) is 0 Å². The summed E-state index contributed by atoms with van der Waals surface area (Å²) in [5, 5.41) is 3.03. The van der Waals surface area contributed by atoms with E-state index in [1.54, 1.807) is 0 Å². The van der Waals surface area contributed by atoms with E-state index in [1.807, 2.05) is 13.8 Å². The summed E-state index contributed by atoms with van der Waals surface area (Å²) in [6.07, 6.45) is -2.82. The SMILES string of the molecule is CC(C)NCc1cc(S(=O)(=O)NCC(F)(F)C(F)F)c[nH]1. The molecule has 0 unspecified atom stereocenters. The number of hydrogen-bond acceptors (Lipinski definition) is 3. The molecule has 0 saturated heterocycles. The summed E-state index contributed by atoms with van der Waals surface area (Å²) >= 11 is 0. The van der Waals surface area contributed by atoms with E-state index in [0.29, 0.717) is 12.2 Å². The standard InChI is InChI=1S/C11H17F4N3O2S/c1-7(2)16-4-8-3-9(5-17-8)21(19,20)18-6-11(14,15)10(12)13/h3,5,7,10,16-18H,4,6H2,1-2H3. The third-order valence-electron chi connectivity index (χ3n) is 2.54. The molecule has 122 valence electrons. The normalized spacial score (nSPS) is 13.3. The Morgan fingerprint density at radius 2 is 1.95 bits per heavy atom. The molecule has 0 bridgehead atoms. The summed E-state index contributed by atoms with van der Waals surface area (Å²) in [7, 11) is -4.27. The van der Waals surface area contributed by atoms with Gasteiger partial charge in [-0.25, -0.2) is 21.9 Å². The van der Waals surface area contributed by atoms with E-state index in [9.17, 15) is 26.0 Å². The molecule has 1 heterocycles. The smallest absolute Gasteiger partial charge is 0.320 e. The number of hydrogen-bond donors (Lipinski definition) is 3. The van der Waals surface area contributed by atoms with E-state index in [0.717, 1.165) is 6.20 Å². The van der Waals surface area contributed by atoms with Gasteiger partial charge in [-0.15, -0.1) is 0 Å². The first-order chi connectivity index (χ1) is 9.54. The summed E-state index contributed by atoms with van der Waals surface area (Å²) in [6.45, 7) is 2.50. The predicted molar refractivity (Wildman–Crippen MR) is 68.9 cm³/mol. The van der Waals surface area contributed by atoms with Crippen molar-refractivity contribution in [3.8, 4) is 0 Å². The van der Waals surface area contributed by atoms with Crippen molar-refractivity contribution in [2.75, 3.05) is 6.54 Å². The monoisotopic (exact) mass is 331 g/mol. The van der Waals surface area contributed by atoms with Crippen molar-refractivity contribution in [2.24, 2.45) is 0 Å². The molecule has 5 nitrogen and oxygen atoms in total. The molecule has 1 rings (SSSR count). The largest absolute Gasteiger partial charge is 0.363 e. The average molecular weight is 331 g/mol. The second-order valence-electron chi connectivity index (χ2n) is 4.78. The molecule has 0 radical (unpaired) electrons. The Labute approximate surface area is 120 Å². The number of aromatic nitrogens is 1. The van der Waals surface area contributed by atoms with Crippen LogP contribution in [0.15, 0.2) is 17.2 Å². The number of sulfonamides is 1. The quantitative estimate of drug-likeness (QED) is 0.635. The van der Waals surface area contributed by atoms with E-state index in [1.165, 1.54) is 10.8 Å². The summed E-state index contributed by atoms with van der Waals surface area (Å²) in [4.78, 5) is 2.39. The van der Waals surface area contributed by atoms with Crippen LogP contribution >= 0.6 is 0 Å². The number of rotatable bonds is 8. The van der Waals surface area contributed by atoms with Crippen molar-refractivity contribution in [2.45, 2.75) is 43.7 Å². The third kappa shape index (κ3) is 5.29. The molecule has 0 aliphatic rings. The molecule has 0 amide bonds. The molecular weight excluding hydrogens is 314 g/mol. The maximum atomic E-state index is 12.7. The van der Waals surface area contributed by atoms with Crippen molar-refractivity contribution >= 4 is 10.0 Å². The van der Waals surface area contributed by atoms with Gasteiger partial charge in [0, 0.05) is 24.5 Å². The van der Waals surface area contributed by atoms with Gasteiger partial charge in [0.1, 0.15) is 0 Å². The first-order valence-corrected chi connectivity index (χ1v) is 7.59. The molecule has 0 fully saturated rings.